The molecule has 1 aromatic rings. The molecule has 5 heteroatoms. The molecule has 0 spiro atoms. The second kappa shape index (κ2) is 7.20. The summed E-state index contributed by atoms with van der Waals surface area (Å²) in [5.74, 6) is -0.618. The van der Waals surface area contributed by atoms with Crippen molar-refractivity contribution >= 4 is 36.4 Å². The minimum atomic E-state index is -0.904. The van der Waals surface area contributed by atoms with Crippen molar-refractivity contribution in [2.24, 2.45) is 0 Å². The average Bonchev–Trinajstić information content (AvgIpc) is 2.38. The Labute approximate surface area is 117 Å². The van der Waals surface area contributed by atoms with Crippen molar-refractivity contribution in [3.8, 4) is 0 Å². The van der Waals surface area contributed by atoms with E-state index in [0.29, 0.717) is 3.62 Å². The summed E-state index contributed by atoms with van der Waals surface area (Å²) in [6, 6.07) is 9.67. The standard InChI is InChI=1S/C13H15NO3Te/c1-14(2)12(15)9-11(13(16)17-3)18-10-7-5-4-6-8-10/h4-9H,1-3H3/b11-9+. The van der Waals surface area contributed by atoms with Gasteiger partial charge < -0.3 is 0 Å². The van der Waals surface area contributed by atoms with Crippen LogP contribution in [-0.2, 0) is 14.3 Å². The molecule has 0 N–H and O–H groups in total. The van der Waals surface area contributed by atoms with Crippen LogP contribution in [0.15, 0.2) is 40.0 Å². The van der Waals surface area contributed by atoms with Crippen molar-refractivity contribution in [3.05, 3.63) is 40.0 Å². The Bertz CT molecular complexity index is 455. The van der Waals surface area contributed by atoms with E-state index in [1.807, 2.05) is 30.3 Å². The van der Waals surface area contributed by atoms with Gasteiger partial charge in [0.25, 0.3) is 0 Å². The number of amides is 1. The van der Waals surface area contributed by atoms with Gasteiger partial charge in [-0.3, -0.25) is 0 Å². The summed E-state index contributed by atoms with van der Waals surface area (Å²) in [6.07, 6.45) is 1.38. The predicted octanol–water partition coefficient (Wildman–Crippen LogP) is 0.161. The van der Waals surface area contributed by atoms with E-state index in [-0.39, 0.29) is 5.91 Å². The van der Waals surface area contributed by atoms with E-state index < -0.39 is 26.9 Å². The third kappa shape index (κ3) is 4.52. The van der Waals surface area contributed by atoms with E-state index in [9.17, 15) is 9.59 Å². The predicted molar refractivity (Wildman–Crippen MR) is 70.6 cm³/mol. The summed E-state index contributed by atoms with van der Waals surface area (Å²) in [5, 5.41) is 0. The molecule has 0 radical (unpaired) electrons. The number of methoxy groups -OCH3 is 1. The van der Waals surface area contributed by atoms with Gasteiger partial charge in [0.1, 0.15) is 0 Å². The zero-order valence-electron chi connectivity index (χ0n) is 10.5. The number of benzene rings is 1. The molecule has 96 valence electrons. The second-order valence-electron chi connectivity index (χ2n) is 3.65. The third-order valence-electron chi connectivity index (χ3n) is 2.05. The van der Waals surface area contributed by atoms with Gasteiger partial charge in [0.15, 0.2) is 0 Å². The van der Waals surface area contributed by atoms with Gasteiger partial charge in [-0.1, -0.05) is 0 Å². The first-order valence-corrected chi connectivity index (χ1v) is 7.62. The molecule has 0 heterocycles. The van der Waals surface area contributed by atoms with E-state index in [4.69, 9.17) is 4.74 Å². The van der Waals surface area contributed by atoms with Gasteiger partial charge in [-0.2, -0.15) is 0 Å². The number of nitrogens with zero attached hydrogens (tertiary/aromatic N) is 1. The zero-order chi connectivity index (χ0) is 13.5. The van der Waals surface area contributed by atoms with Gasteiger partial charge in [-0.05, 0) is 0 Å². The normalized spacial score (nSPS) is 10.9. The molecule has 0 bridgehead atoms. The number of carbonyl (C=O) groups excluding carboxylic acids is 2. The molecule has 0 aliphatic heterocycles. The van der Waals surface area contributed by atoms with E-state index in [1.54, 1.807) is 14.1 Å². The first kappa shape index (κ1) is 14.7. The van der Waals surface area contributed by atoms with Crippen LogP contribution in [0, 0.1) is 0 Å². The minimum absolute atomic E-state index is 0.198. The van der Waals surface area contributed by atoms with Crippen LogP contribution in [0.3, 0.4) is 0 Å². The van der Waals surface area contributed by atoms with Crippen LogP contribution in [0.2, 0.25) is 0 Å². The van der Waals surface area contributed by atoms with Crippen molar-refractivity contribution in [3.63, 3.8) is 0 Å². The van der Waals surface area contributed by atoms with Crippen molar-refractivity contribution in [2.75, 3.05) is 21.2 Å². The molecule has 0 aromatic heterocycles. The average molecular weight is 361 g/mol. The summed E-state index contributed by atoms with van der Waals surface area (Å²) >= 11 is -0.904. The Morgan fingerprint density at radius 3 is 2.33 bits per heavy atom. The molecule has 1 rings (SSSR count). The summed E-state index contributed by atoms with van der Waals surface area (Å²) in [7, 11) is 4.63. The molecule has 0 unspecified atom stereocenters. The number of rotatable bonds is 4. The maximum atomic E-state index is 11.6. The molecular weight excluding hydrogens is 346 g/mol. The van der Waals surface area contributed by atoms with Crippen molar-refractivity contribution in [1.29, 1.82) is 0 Å². The van der Waals surface area contributed by atoms with Gasteiger partial charge in [-0.15, -0.1) is 0 Å². The molecule has 4 nitrogen and oxygen atoms in total. The molecule has 18 heavy (non-hydrogen) atoms. The maximum absolute atomic E-state index is 11.6. The Morgan fingerprint density at radius 1 is 1.22 bits per heavy atom. The summed E-state index contributed by atoms with van der Waals surface area (Å²) in [5.41, 5.74) is 0. The number of likely N-dealkylation sites (N-methyl/N-ethyl adjacent to an activating group) is 1. The number of ether oxygens (including phenoxy) is 1. The fourth-order valence-electron chi connectivity index (χ4n) is 1.09. The Hall–Kier alpha value is -1.31. The van der Waals surface area contributed by atoms with Gasteiger partial charge in [-0.25, -0.2) is 0 Å². The molecular formula is C13H15NO3Te. The Balaban J connectivity index is 2.93. The second-order valence-corrected chi connectivity index (χ2v) is 6.83. The number of hydrogen-bond acceptors (Lipinski definition) is 3. The first-order valence-electron chi connectivity index (χ1n) is 5.28. The molecule has 0 atom stereocenters. The van der Waals surface area contributed by atoms with Crippen molar-refractivity contribution in [1.82, 2.24) is 4.90 Å². The van der Waals surface area contributed by atoms with Crippen LogP contribution in [0.4, 0.5) is 0 Å². The first-order chi connectivity index (χ1) is 8.54. The molecule has 1 aromatic carbocycles. The van der Waals surface area contributed by atoms with E-state index in [2.05, 4.69) is 0 Å². The van der Waals surface area contributed by atoms with Gasteiger partial charge in [0, 0.05) is 0 Å². The number of esters is 1. The molecule has 1 amide bonds. The third-order valence-corrected chi connectivity index (χ3v) is 4.94. The van der Waals surface area contributed by atoms with E-state index >= 15 is 0 Å². The van der Waals surface area contributed by atoms with Crippen LogP contribution >= 0.6 is 0 Å². The van der Waals surface area contributed by atoms with Crippen molar-refractivity contribution in [2.45, 2.75) is 0 Å². The SMILES string of the molecule is COC(=O)/C(=C\C(=O)N(C)C)[Te]c1ccccc1. The fourth-order valence-corrected chi connectivity index (χ4v) is 3.58. The van der Waals surface area contributed by atoms with E-state index in [1.165, 1.54) is 18.1 Å². The van der Waals surface area contributed by atoms with Crippen molar-refractivity contribution < 1.29 is 14.3 Å². The Kier molecular flexibility index (Phi) is 5.90. The molecule has 0 saturated carbocycles. The van der Waals surface area contributed by atoms with Gasteiger partial charge in [0.05, 0.1) is 0 Å². The summed E-state index contributed by atoms with van der Waals surface area (Å²) < 4.78 is 6.29. The molecule has 0 saturated heterocycles. The van der Waals surface area contributed by atoms with E-state index in [0.717, 1.165) is 3.61 Å². The van der Waals surface area contributed by atoms with Crippen LogP contribution < -0.4 is 3.61 Å². The quantitative estimate of drug-likeness (QED) is 0.436. The van der Waals surface area contributed by atoms with Crippen LogP contribution in [0.5, 0.6) is 0 Å². The molecule has 0 aliphatic rings. The summed E-state index contributed by atoms with van der Waals surface area (Å²) in [4.78, 5) is 24.7. The Morgan fingerprint density at radius 2 is 1.83 bits per heavy atom. The number of hydrogen-bond donors (Lipinski definition) is 0. The topological polar surface area (TPSA) is 46.6 Å². The van der Waals surface area contributed by atoms with Crippen LogP contribution in [0.25, 0.3) is 0 Å². The van der Waals surface area contributed by atoms with Crippen LogP contribution in [0.1, 0.15) is 0 Å². The monoisotopic (exact) mass is 363 g/mol. The van der Waals surface area contributed by atoms with Gasteiger partial charge >= 0.3 is 117 Å². The number of carbonyl (C=O) groups is 2. The van der Waals surface area contributed by atoms with Gasteiger partial charge in [0.2, 0.25) is 0 Å². The fraction of sp³-hybridized carbons (Fsp3) is 0.231. The molecule has 0 aliphatic carbocycles. The zero-order valence-corrected chi connectivity index (χ0v) is 12.9. The van der Waals surface area contributed by atoms with Crippen LogP contribution in [-0.4, -0.2) is 58.9 Å². The summed E-state index contributed by atoms with van der Waals surface area (Å²) in [6.45, 7) is 0. The molecule has 0 fully saturated rings.